The lowest BCUT2D eigenvalue weighted by Crippen LogP contribution is -2.45. The maximum atomic E-state index is 13.1. The summed E-state index contributed by atoms with van der Waals surface area (Å²) >= 11 is 1.01. The van der Waals surface area contributed by atoms with Crippen LogP contribution in [-0.4, -0.2) is 114 Å². The fourth-order valence-corrected chi connectivity index (χ4v) is 6.64. The maximum absolute atomic E-state index is 13.1. The molecule has 0 amide bonds. The molecule has 0 spiro atoms. The van der Waals surface area contributed by atoms with Gasteiger partial charge in [-0.2, -0.15) is 4.37 Å². The first-order chi connectivity index (χ1) is 28.6. The number of aromatic nitrogens is 2. The summed E-state index contributed by atoms with van der Waals surface area (Å²) in [4.78, 5) is 65.4. The fraction of sp³-hybridized carbons (Fsp3) is 0.837. The van der Waals surface area contributed by atoms with Crippen molar-refractivity contribution in [2.24, 2.45) is 0 Å². The molecule has 17 heteroatoms. The molecule has 2 heterocycles. The van der Waals surface area contributed by atoms with Gasteiger partial charge in [0.15, 0.2) is 24.4 Å². The number of unbranched alkanes of at least 4 members (excludes halogenated alkanes) is 14. The first kappa shape index (κ1) is 52.6. The number of carbonyl (C=O) groups is 5. The minimum atomic E-state index is -1.45. The van der Waals surface area contributed by atoms with E-state index < -0.39 is 60.4 Å². The van der Waals surface area contributed by atoms with Gasteiger partial charge in [0.05, 0.1) is 24.9 Å². The van der Waals surface area contributed by atoms with Crippen molar-refractivity contribution in [3.8, 4) is 5.88 Å². The number of nitrogens with zero attached hydrogens (tertiary/aromatic N) is 3. The molecule has 1 saturated heterocycles. The lowest BCUT2D eigenvalue weighted by atomic mass is 10.0. The highest BCUT2D eigenvalue weighted by molar-refractivity contribution is 6.99. The minimum absolute atomic E-state index is 0.0553. The van der Waals surface area contributed by atoms with E-state index in [1.165, 1.54) is 98.3 Å². The number of rotatable bonds is 31. The summed E-state index contributed by atoms with van der Waals surface area (Å²) in [6.07, 6.45) is 12.2. The number of nitrogens with one attached hydrogen (secondary N) is 1. The number of hydrogen-bond acceptors (Lipinski definition) is 17. The zero-order valence-electron chi connectivity index (χ0n) is 37.6. The van der Waals surface area contributed by atoms with Crippen LogP contribution in [0, 0.1) is 0 Å². The van der Waals surface area contributed by atoms with Crippen LogP contribution >= 0.6 is 11.7 Å². The summed E-state index contributed by atoms with van der Waals surface area (Å²) in [5.41, 5.74) is -0.303. The van der Waals surface area contributed by atoms with E-state index in [1.54, 1.807) is 0 Å². The van der Waals surface area contributed by atoms with E-state index in [2.05, 4.69) is 21.0 Å². The molecule has 1 fully saturated rings. The first-order valence-electron chi connectivity index (χ1n) is 22.2. The minimum Gasteiger partial charge on any atom is -0.470 e. The van der Waals surface area contributed by atoms with E-state index in [-0.39, 0.29) is 25.1 Å². The van der Waals surface area contributed by atoms with Crippen LogP contribution in [0.4, 0.5) is 5.82 Å². The van der Waals surface area contributed by atoms with Crippen LogP contribution in [0.25, 0.3) is 0 Å². The highest BCUT2D eigenvalue weighted by Crippen LogP contribution is 2.26. The Hall–Kier alpha value is -3.57. The quantitative estimate of drug-likeness (QED) is 0.0454. The van der Waals surface area contributed by atoms with Gasteiger partial charge in [0.1, 0.15) is 12.7 Å². The second-order valence-corrected chi connectivity index (χ2v) is 17.1. The van der Waals surface area contributed by atoms with Crippen LogP contribution in [0.15, 0.2) is 0 Å². The Labute approximate surface area is 362 Å². The van der Waals surface area contributed by atoms with Gasteiger partial charge < -0.3 is 43.4 Å². The first-order valence-corrected chi connectivity index (χ1v) is 22.9. The van der Waals surface area contributed by atoms with Gasteiger partial charge in [-0.05, 0) is 54.9 Å². The monoisotopic (exact) mass is 871 g/mol. The Kier molecular flexibility index (Phi) is 26.0. The zero-order valence-corrected chi connectivity index (χ0v) is 38.4. The van der Waals surface area contributed by atoms with Crippen molar-refractivity contribution in [3.05, 3.63) is 0 Å². The Bertz CT molecular complexity index is 1400. The second-order valence-electron chi connectivity index (χ2n) is 16.6. The fourth-order valence-electron chi connectivity index (χ4n) is 6.12. The normalized spacial score (nSPS) is 15.6. The van der Waals surface area contributed by atoms with Crippen molar-refractivity contribution in [1.29, 1.82) is 0 Å². The Balaban J connectivity index is 1.67. The predicted molar refractivity (Wildman–Crippen MR) is 228 cm³/mol. The number of morpholine rings is 1. The van der Waals surface area contributed by atoms with Crippen molar-refractivity contribution >= 4 is 47.4 Å². The molecule has 0 radical (unpaired) electrons. The Morgan fingerprint density at radius 2 is 1.08 bits per heavy atom. The molecule has 1 aromatic rings. The van der Waals surface area contributed by atoms with Crippen molar-refractivity contribution in [3.63, 3.8) is 0 Å². The highest BCUT2D eigenvalue weighted by Gasteiger charge is 2.32. The molecule has 344 valence electrons. The van der Waals surface area contributed by atoms with Crippen LogP contribution < -0.4 is 15.0 Å². The predicted octanol–water partition coefficient (Wildman–Crippen LogP) is 7.04. The van der Waals surface area contributed by atoms with E-state index in [0.717, 1.165) is 31.0 Å². The number of esters is 5. The van der Waals surface area contributed by atoms with Gasteiger partial charge in [0.2, 0.25) is 5.82 Å². The van der Waals surface area contributed by atoms with Crippen molar-refractivity contribution in [1.82, 2.24) is 14.1 Å². The maximum Gasteiger partial charge on any atom is 0.347 e. The molecule has 0 aliphatic carbocycles. The molecule has 0 aromatic carbocycles. The molecule has 0 bridgehead atoms. The van der Waals surface area contributed by atoms with Crippen LogP contribution in [0.5, 0.6) is 5.88 Å². The third-order valence-electron chi connectivity index (χ3n) is 9.80. The smallest absolute Gasteiger partial charge is 0.347 e. The van der Waals surface area contributed by atoms with E-state index >= 15 is 0 Å². The number of anilines is 1. The molecule has 16 nitrogen and oxygen atoms in total. The van der Waals surface area contributed by atoms with E-state index in [0.29, 0.717) is 44.4 Å². The topological polar surface area (TPSA) is 191 Å². The van der Waals surface area contributed by atoms with Crippen molar-refractivity contribution in [2.45, 2.75) is 194 Å². The molecule has 0 saturated carbocycles. The molecule has 60 heavy (non-hydrogen) atoms. The Morgan fingerprint density at radius 1 is 0.650 bits per heavy atom. The summed E-state index contributed by atoms with van der Waals surface area (Å²) in [6, 6.07) is 0. The molecule has 2 rings (SSSR count). The van der Waals surface area contributed by atoms with Crippen LogP contribution in [0.2, 0.25) is 0 Å². The third kappa shape index (κ3) is 22.9. The highest BCUT2D eigenvalue weighted by atomic mass is 32.1. The molecule has 4 unspecified atom stereocenters. The lowest BCUT2D eigenvalue weighted by Gasteiger charge is -2.28. The third-order valence-corrected chi connectivity index (χ3v) is 10.3. The molecule has 1 aliphatic heterocycles. The molecular formula is C43H74N4O12S. The SMILES string of the molecule is CCCCCCCCCCCCCCCCCC(=O)OC(C)C(=O)OC(C)C(=O)OC(C)C(=O)OC(C)C(=O)O[C@@H](CNC(C)(C)C)COc1nsnc1N1CCOCC1. The number of ether oxygens (including phenoxy) is 7. The van der Waals surface area contributed by atoms with Crippen molar-refractivity contribution < 1.29 is 57.1 Å². The van der Waals surface area contributed by atoms with E-state index in [9.17, 15) is 24.0 Å². The average molecular weight is 871 g/mol. The summed E-state index contributed by atoms with van der Waals surface area (Å²) < 4.78 is 46.4. The number of carbonyl (C=O) groups excluding carboxylic acids is 5. The van der Waals surface area contributed by atoms with Crippen LogP contribution in [0.1, 0.15) is 158 Å². The van der Waals surface area contributed by atoms with E-state index in [1.807, 2.05) is 25.7 Å². The van der Waals surface area contributed by atoms with Gasteiger partial charge >= 0.3 is 29.8 Å². The molecule has 1 N–H and O–H groups in total. The molecule has 1 aromatic heterocycles. The van der Waals surface area contributed by atoms with Gasteiger partial charge in [-0.1, -0.05) is 96.8 Å². The summed E-state index contributed by atoms with van der Waals surface area (Å²) in [7, 11) is 0. The lowest BCUT2D eigenvalue weighted by molar-refractivity contribution is -0.185. The second kappa shape index (κ2) is 29.6. The summed E-state index contributed by atoms with van der Waals surface area (Å²) in [5, 5.41) is 3.28. The van der Waals surface area contributed by atoms with Gasteiger partial charge in [0, 0.05) is 31.6 Å². The van der Waals surface area contributed by atoms with Crippen molar-refractivity contribution in [2.75, 3.05) is 44.4 Å². The number of hydrogen-bond donors (Lipinski definition) is 1. The molecule has 5 atom stereocenters. The van der Waals surface area contributed by atoms with Gasteiger partial charge in [-0.25, -0.2) is 19.2 Å². The molecule has 1 aliphatic rings. The van der Waals surface area contributed by atoms with Gasteiger partial charge in [-0.3, -0.25) is 4.79 Å². The van der Waals surface area contributed by atoms with Gasteiger partial charge in [-0.15, -0.1) is 4.37 Å². The molecular weight excluding hydrogens is 797 g/mol. The van der Waals surface area contributed by atoms with Crippen LogP contribution in [-0.2, 0) is 52.4 Å². The summed E-state index contributed by atoms with van der Waals surface area (Å²) in [6.45, 7) is 15.9. The van der Waals surface area contributed by atoms with Gasteiger partial charge in [0.25, 0.3) is 5.88 Å². The largest absolute Gasteiger partial charge is 0.470 e. The summed E-state index contributed by atoms with van der Waals surface area (Å²) in [5.74, 6) is -3.44. The van der Waals surface area contributed by atoms with Crippen LogP contribution in [0.3, 0.4) is 0 Å². The standard InChI is InChI=1S/C43H74N4O12S/c1-9-10-11-12-13-14-15-16-17-18-19-20-21-22-23-24-36(48)55-31(2)39(49)56-32(3)40(50)57-33(4)41(51)58-34(5)42(52)59-35(29-44-43(6,7)8)30-54-38-37(45-60-46-38)47-25-27-53-28-26-47/h31-35,44H,9-30H2,1-8H3/t31?,32?,33?,34?,35-/m0/s1. The average Bonchev–Trinajstić information content (AvgIpc) is 3.68. The van der Waals surface area contributed by atoms with E-state index in [4.69, 9.17) is 33.2 Å². The zero-order chi connectivity index (χ0) is 44.3. The Morgan fingerprint density at radius 3 is 1.55 bits per heavy atom.